The highest BCUT2D eigenvalue weighted by Crippen LogP contribution is 2.32. The zero-order chi connectivity index (χ0) is 13.7. The Morgan fingerprint density at radius 3 is 2.63 bits per heavy atom. The molecule has 1 aromatic carbocycles. The second-order valence-corrected chi connectivity index (χ2v) is 4.81. The van der Waals surface area contributed by atoms with Gasteiger partial charge in [0, 0.05) is 6.54 Å². The van der Waals surface area contributed by atoms with Gasteiger partial charge in [0.15, 0.2) is 11.5 Å². The van der Waals surface area contributed by atoms with Crippen LogP contribution in [0.4, 0.5) is 0 Å². The molecule has 0 aliphatic carbocycles. The van der Waals surface area contributed by atoms with Crippen LogP contribution >= 0.6 is 0 Å². The normalized spacial score (nSPS) is 15.6. The lowest BCUT2D eigenvalue weighted by Gasteiger charge is -2.24. The van der Waals surface area contributed by atoms with Crippen LogP contribution in [0.5, 0.6) is 11.5 Å². The van der Waals surface area contributed by atoms with Crippen molar-refractivity contribution in [1.29, 1.82) is 0 Å². The number of ether oxygens (including phenoxy) is 2. The lowest BCUT2D eigenvalue weighted by molar-refractivity contribution is 0.115. The Kier molecular flexibility index (Phi) is 5.05. The summed E-state index contributed by atoms with van der Waals surface area (Å²) < 4.78 is 11.0. The number of aliphatic hydroxyl groups is 1. The molecule has 2 rings (SSSR count). The van der Waals surface area contributed by atoms with Crippen LogP contribution in [0.1, 0.15) is 31.9 Å². The maximum Gasteiger partial charge on any atom is 0.161 e. The molecule has 1 heterocycles. The van der Waals surface area contributed by atoms with E-state index in [4.69, 9.17) is 9.47 Å². The van der Waals surface area contributed by atoms with Crippen LogP contribution in [0.2, 0.25) is 0 Å². The zero-order valence-electron chi connectivity index (χ0n) is 11.8. The van der Waals surface area contributed by atoms with Crippen molar-refractivity contribution < 1.29 is 14.6 Å². The molecule has 0 radical (unpaired) electrons. The van der Waals surface area contributed by atoms with E-state index in [1.54, 1.807) is 0 Å². The van der Waals surface area contributed by atoms with Gasteiger partial charge in [0.25, 0.3) is 0 Å². The number of aliphatic hydroxyl groups excluding tert-OH is 1. The lowest BCUT2D eigenvalue weighted by Crippen LogP contribution is -2.29. The number of benzene rings is 1. The van der Waals surface area contributed by atoms with Crippen molar-refractivity contribution in [2.24, 2.45) is 0 Å². The van der Waals surface area contributed by atoms with Crippen LogP contribution in [0, 0.1) is 0 Å². The van der Waals surface area contributed by atoms with Gasteiger partial charge < -0.3 is 19.5 Å². The summed E-state index contributed by atoms with van der Waals surface area (Å²) in [5.41, 5.74) is 0.888. The molecule has 0 aromatic heterocycles. The maximum absolute atomic E-state index is 10.3. The highest BCUT2D eigenvalue weighted by atomic mass is 16.6. The molecule has 0 bridgehead atoms. The van der Waals surface area contributed by atoms with Gasteiger partial charge in [-0.05, 0) is 37.2 Å². The first-order chi connectivity index (χ1) is 9.24. The molecule has 0 fully saturated rings. The minimum Gasteiger partial charge on any atom is -0.486 e. The van der Waals surface area contributed by atoms with Crippen LogP contribution in [0.15, 0.2) is 18.2 Å². The Hall–Kier alpha value is -1.26. The highest BCUT2D eigenvalue weighted by molar-refractivity contribution is 5.44. The van der Waals surface area contributed by atoms with Crippen molar-refractivity contribution in [3.63, 3.8) is 0 Å². The van der Waals surface area contributed by atoms with E-state index in [-0.39, 0.29) is 0 Å². The van der Waals surface area contributed by atoms with Gasteiger partial charge in [-0.2, -0.15) is 0 Å². The molecular formula is C15H23NO3. The molecule has 19 heavy (non-hydrogen) atoms. The third-order valence-electron chi connectivity index (χ3n) is 3.37. The Labute approximate surface area is 114 Å². The standard InChI is InChI=1S/C15H23NO3/c1-3-7-16(4-2)11-13(17)12-5-6-14-15(10-12)19-9-8-18-14/h5-6,10,13,17H,3-4,7-9,11H2,1-2H3. The number of hydrogen-bond acceptors (Lipinski definition) is 4. The summed E-state index contributed by atoms with van der Waals surface area (Å²) in [4.78, 5) is 2.25. The van der Waals surface area contributed by atoms with Crippen molar-refractivity contribution in [2.75, 3.05) is 32.8 Å². The molecule has 0 amide bonds. The third kappa shape index (κ3) is 3.61. The molecule has 1 aromatic rings. The van der Waals surface area contributed by atoms with Crippen LogP contribution in [-0.4, -0.2) is 42.9 Å². The molecule has 4 nitrogen and oxygen atoms in total. The number of nitrogens with zero attached hydrogens (tertiary/aromatic N) is 1. The van der Waals surface area contributed by atoms with E-state index in [1.165, 1.54) is 0 Å². The fraction of sp³-hybridized carbons (Fsp3) is 0.600. The Bertz CT molecular complexity index is 408. The van der Waals surface area contributed by atoms with E-state index in [0.717, 1.165) is 36.6 Å². The van der Waals surface area contributed by atoms with E-state index in [2.05, 4.69) is 18.7 Å². The maximum atomic E-state index is 10.3. The molecule has 0 saturated heterocycles. The zero-order valence-corrected chi connectivity index (χ0v) is 11.8. The van der Waals surface area contributed by atoms with Gasteiger partial charge in [0.2, 0.25) is 0 Å². The smallest absolute Gasteiger partial charge is 0.161 e. The van der Waals surface area contributed by atoms with E-state index in [9.17, 15) is 5.11 Å². The summed E-state index contributed by atoms with van der Waals surface area (Å²) in [5, 5.41) is 10.3. The summed E-state index contributed by atoms with van der Waals surface area (Å²) in [7, 11) is 0. The van der Waals surface area contributed by atoms with Gasteiger partial charge >= 0.3 is 0 Å². The molecule has 1 atom stereocenters. The van der Waals surface area contributed by atoms with Crippen LogP contribution < -0.4 is 9.47 Å². The second kappa shape index (κ2) is 6.78. The SMILES string of the molecule is CCCN(CC)CC(O)c1ccc2c(c1)OCCO2. The predicted molar refractivity (Wildman–Crippen MR) is 74.8 cm³/mol. The number of fused-ring (bicyclic) bond motifs is 1. The first-order valence-electron chi connectivity index (χ1n) is 7.04. The van der Waals surface area contributed by atoms with Crippen molar-refractivity contribution in [1.82, 2.24) is 4.90 Å². The number of rotatable bonds is 6. The fourth-order valence-electron chi connectivity index (χ4n) is 2.31. The summed E-state index contributed by atoms with van der Waals surface area (Å²) in [6, 6.07) is 5.68. The fourth-order valence-corrected chi connectivity index (χ4v) is 2.31. The summed E-state index contributed by atoms with van der Waals surface area (Å²) >= 11 is 0. The van der Waals surface area contributed by atoms with Crippen LogP contribution in [-0.2, 0) is 0 Å². The molecule has 0 spiro atoms. The summed E-state index contributed by atoms with van der Waals surface area (Å²) in [6.45, 7) is 8.06. The van der Waals surface area contributed by atoms with Crippen LogP contribution in [0.25, 0.3) is 0 Å². The van der Waals surface area contributed by atoms with Crippen molar-refractivity contribution >= 4 is 0 Å². The van der Waals surface area contributed by atoms with E-state index in [1.807, 2.05) is 18.2 Å². The minimum absolute atomic E-state index is 0.484. The molecule has 4 heteroatoms. The van der Waals surface area contributed by atoms with Crippen molar-refractivity contribution in [2.45, 2.75) is 26.4 Å². The number of likely N-dealkylation sites (N-methyl/N-ethyl adjacent to an activating group) is 1. The van der Waals surface area contributed by atoms with Gasteiger partial charge in [-0.25, -0.2) is 0 Å². The minimum atomic E-state index is -0.484. The van der Waals surface area contributed by atoms with Gasteiger partial charge in [-0.1, -0.05) is 19.9 Å². The third-order valence-corrected chi connectivity index (χ3v) is 3.37. The Morgan fingerprint density at radius 1 is 1.21 bits per heavy atom. The summed E-state index contributed by atoms with van der Waals surface area (Å²) in [6.07, 6.45) is 0.615. The summed E-state index contributed by atoms with van der Waals surface area (Å²) in [5.74, 6) is 1.50. The molecule has 1 N–H and O–H groups in total. The quantitative estimate of drug-likeness (QED) is 0.856. The van der Waals surface area contributed by atoms with Gasteiger partial charge in [-0.3, -0.25) is 0 Å². The first-order valence-corrected chi connectivity index (χ1v) is 7.04. The predicted octanol–water partition coefficient (Wildman–Crippen LogP) is 2.22. The van der Waals surface area contributed by atoms with Crippen molar-refractivity contribution in [3.8, 4) is 11.5 Å². The van der Waals surface area contributed by atoms with Crippen molar-refractivity contribution in [3.05, 3.63) is 23.8 Å². The average molecular weight is 265 g/mol. The van der Waals surface area contributed by atoms with Gasteiger partial charge in [-0.15, -0.1) is 0 Å². The highest BCUT2D eigenvalue weighted by Gasteiger charge is 2.17. The molecule has 1 unspecified atom stereocenters. The van der Waals surface area contributed by atoms with Gasteiger partial charge in [0.05, 0.1) is 6.10 Å². The number of hydrogen-bond donors (Lipinski definition) is 1. The monoisotopic (exact) mass is 265 g/mol. The average Bonchev–Trinajstić information content (AvgIpc) is 2.46. The topological polar surface area (TPSA) is 41.9 Å². The van der Waals surface area contributed by atoms with Gasteiger partial charge in [0.1, 0.15) is 13.2 Å². The molecule has 1 aliphatic heterocycles. The van der Waals surface area contributed by atoms with E-state index in [0.29, 0.717) is 19.8 Å². The van der Waals surface area contributed by atoms with E-state index < -0.39 is 6.10 Å². The first kappa shape index (κ1) is 14.2. The Balaban J connectivity index is 2.04. The van der Waals surface area contributed by atoms with Crippen LogP contribution in [0.3, 0.4) is 0 Å². The molecular weight excluding hydrogens is 242 g/mol. The Morgan fingerprint density at radius 2 is 1.95 bits per heavy atom. The largest absolute Gasteiger partial charge is 0.486 e. The molecule has 1 aliphatic rings. The molecule has 106 valence electrons. The second-order valence-electron chi connectivity index (χ2n) is 4.81. The van der Waals surface area contributed by atoms with E-state index >= 15 is 0 Å². The lowest BCUT2D eigenvalue weighted by atomic mass is 10.1. The molecule has 0 saturated carbocycles.